The summed E-state index contributed by atoms with van der Waals surface area (Å²) < 4.78 is 7.19. The summed E-state index contributed by atoms with van der Waals surface area (Å²) in [5.41, 5.74) is 4.40. The van der Waals surface area contributed by atoms with E-state index in [0.29, 0.717) is 24.8 Å². The molecule has 2 N–H and O–H groups in total. The van der Waals surface area contributed by atoms with Crippen LogP contribution >= 0.6 is 0 Å². The lowest BCUT2D eigenvalue weighted by molar-refractivity contribution is 0.0684. The number of carbonyl (C=O) groups is 1. The Labute approximate surface area is 171 Å². The van der Waals surface area contributed by atoms with Crippen LogP contribution in [-0.2, 0) is 13.1 Å². The van der Waals surface area contributed by atoms with Crippen molar-refractivity contribution in [2.45, 2.75) is 51.7 Å². The molecule has 1 aromatic heterocycles. The van der Waals surface area contributed by atoms with Crippen LogP contribution in [0.3, 0.4) is 0 Å². The molecule has 1 heterocycles. The maximum Gasteiger partial charge on any atom is 0.352 e. The van der Waals surface area contributed by atoms with E-state index < -0.39 is 5.97 Å². The third kappa shape index (κ3) is 4.01. The van der Waals surface area contributed by atoms with E-state index in [1.165, 1.54) is 25.7 Å². The monoisotopic (exact) mass is 392 g/mol. The standard InChI is InChI=1S/C24H28N2O3/c1-16-7-12-20-21(14-25-18-5-3-4-6-18)23(24(27)28)26(22(20)13-16)15-17-8-10-19(29-2)11-9-17/h7-13,18,25H,3-6,14-15H2,1-2H3,(H,27,28). The molecule has 0 unspecified atom stereocenters. The van der Waals surface area contributed by atoms with Gasteiger partial charge in [-0.3, -0.25) is 0 Å². The molecule has 1 saturated carbocycles. The minimum atomic E-state index is -0.879. The summed E-state index contributed by atoms with van der Waals surface area (Å²) in [5, 5.41) is 14.7. The third-order valence-corrected chi connectivity index (χ3v) is 5.95. The lowest BCUT2D eigenvalue weighted by Crippen LogP contribution is -2.26. The van der Waals surface area contributed by atoms with E-state index in [0.717, 1.165) is 33.3 Å². The normalized spacial score (nSPS) is 14.6. The van der Waals surface area contributed by atoms with Crippen LogP contribution in [0, 0.1) is 6.92 Å². The number of carboxylic acid groups (broad SMARTS) is 1. The van der Waals surface area contributed by atoms with Crippen LogP contribution in [0.15, 0.2) is 42.5 Å². The number of benzene rings is 2. The maximum absolute atomic E-state index is 12.3. The first-order valence-corrected chi connectivity index (χ1v) is 10.3. The second kappa shape index (κ2) is 8.29. The van der Waals surface area contributed by atoms with Gasteiger partial charge in [-0.15, -0.1) is 0 Å². The fourth-order valence-electron chi connectivity index (χ4n) is 4.41. The highest BCUT2D eigenvalue weighted by atomic mass is 16.5. The molecular weight excluding hydrogens is 364 g/mol. The molecule has 2 aromatic carbocycles. The largest absolute Gasteiger partial charge is 0.497 e. The van der Waals surface area contributed by atoms with Gasteiger partial charge in [0, 0.05) is 35.6 Å². The van der Waals surface area contributed by atoms with Gasteiger partial charge in [0.1, 0.15) is 11.4 Å². The Balaban J connectivity index is 1.77. The fourth-order valence-corrected chi connectivity index (χ4v) is 4.41. The predicted molar refractivity (Wildman–Crippen MR) is 115 cm³/mol. The molecule has 0 aliphatic heterocycles. The number of hydrogen-bond acceptors (Lipinski definition) is 3. The van der Waals surface area contributed by atoms with Crippen molar-refractivity contribution in [3.05, 3.63) is 64.8 Å². The number of fused-ring (bicyclic) bond motifs is 1. The lowest BCUT2D eigenvalue weighted by atomic mass is 10.1. The molecule has 0 amide bonds. The van der Waals surface area contributed by atoms with Crippen molar-refractivity contribution in [2.24, 2.45) is 0 Å². The second-order valence-corrected chi connectivity index (χ2v) is 7.95. The Bertz CT molecular complexity index is 1010. The minimum Gasteiger partial charge on any atom is -0.497 e. The Morgan fingerprint density at radius 3 is 2.55 bits per heavy atom. The van der Waals surface area contributed by atoms with E-state index >= 15 is 0 Å². The van der Waals surface area contributed by atoms with Crippen molar-refractivity contribution in [1.29, 1.82) is 0 Å². The summed E-state index contributed by atoms with van der Waals surface area (Å²) in [6.45, 7) is 3.14. The molecule has 0 radical (unpaired) electrons. The van der Waals surface area contributed by atoms with Crippen LogP contribution in [0.4, 0.5) is 0 Å². The first-order chi connectivity index (χ1) is 14.1. The average molecular weight is 392 g/mol. The molecule has 1 aliphatic rings. The SMILES string of the molecule is COc1ccc(Cn2c(C(=O)O)c(CNC3CCCC3)c3ccc(C)cc32)cc1. The number of aryl methyl sites for hydroxylation is 1. The van der Waals surface area contributed by atoms with Gasteiger partial charge in [-0.05, 0) is 49.1 Å². The predicted octanol–water partition coefficient (Wildman–Crippen LogP) is 4.74. The molecule has 3 aromatic rings. The number of ether oxygens (including phenoxy) is 1. The topological polar surface area (TPSA) is 63.5 Å². The van der Waals surface area contributed by atoms with Crippen LogP contribution in [0.1, 0.15) is 52.9 Å². The van der Waals surface area contributed by atoms with E-state index in [4.69, 9.17) is 4.74 Å². The highest BCUT2D eigenvalue weighted by Gasteiger charge is 2.24. The summed E-state index contributed by atoms with van der Waals surface area (Å²) in [7, 11) is 1.64. The van der Waals surface area contributed by atoms with Crippen molar-refractivity contribution in [3.8, 4) is 5.75 Å². The fraction of sp³-hybridized carbons (Fsp3) is 0.375. The van der Waals surface area contributed by atoms with Gasteiger partial charge in [-0.2, -0.15) is 0 Å². The minimum absolute atomic E-state index is 0.381. The molecular formula is C24H28N2O3. The number of aromatic nitrogens is 1. The zero-order valence-corrected chi connectivity index (χ0v) is 17.1. The summed E-state index contributed by atoms with van der Waals surface area (Å²) >= 11 is 0. The number of rotatable bonds is 7. The number of hydrogen-bond donors (Lipinski definition) is 2. The molecule has 1 aliphatic carbocycles. The smallest absolute Gasteiger partial charge is 0.352 e. The zero-order chi connectivity index (χ0) is 20.4. The van der Waals surface area contributed by atoms with Crippen molar-refractivity contribution >= 4 is 16.9 Å². The van der Waals surface area contributed by atoms with Gasteiger partial charge < -0.3 is 19.7 Å². The van der Waals surface area contributed by atoms with Crippen LogP contribution in [0.5, 0.6) is 5.75 Å². The molecule has 0 atom stereocenters. The van der Waals surface area contributed by atoms with Crippen LogP contribution in [0.25, 0.3) is 10.9 Å². The summed E-state index contributed by atoms with van der Waals surface area (Å²) in [6, 6.07) is 14.5. The van der Waals surface area contributed by atoms with E-state index in [9.17, 15) is 9.90 Å². The molecule has 0 saturated heterocycles. The van der Waals surface area contributed by atoms with Crippen LogP contribution in [-0.4, -0.2) is 28.8 Å². The quantitative estimate of drug-likeness (QED) is 0.610. The third-order valence-electron chi connectivity index (χ3n) is 5.95. The van der Waals surface area contributed by atoms with Crippen molar-refractivity contribution in [2.75, 3.05) is 7.11 Å². The summed E-state index contributed by atoms with van der Waals surface area (Å²) in [6.07, 6.45) is 4.85. The van der Waals surface area contributed by atoms with Gasteiger partial charge in [-0.1, -0.05) is 37.1 Å². The van der Waals surface area contributed by atoms with Gasteiger partial charge in [-0.25, -0.2) is 4.79 Å². The van der Waals surface area contributed by atoms with E-state index in [-0.39, 0.29) is 0 Å². The highest BCUT2D eigenvalue weighted by molar-refractivity contribution is 5.98. The second-order valence-electron chi connectivity index (χ2n) is 7.95. The Hall–Kier alpha value is -2.79. The van der Waals surface area contributed by atoms with Gasteiger partial charge in [0.2, 0.25) is 0 Å². The van der Waals surface area contributed by atoms with Crippen molar-refractivity contribution in [1.82, 2.24) is 9.88 Å². The van der Waals surface area contributed by atoms with Crippen molar-refractivity contribution < 1.29 is 14.6 Å². The lowest BCUT2D eigenvalue weighted by Gasteiger charge is -2.13. The molecule has 152 valence electrons. The first kappa shape index (κ1) is 19.5. The van der Waals surface area contributed by atoms with E-state index in [1.807, 2.05) is 35.8 Å². The number of carboxylic acids is 1. The van der Waals surface area contributed by atoms with Gasteiger partial charge in [0.25, 0.3) is 0 Å². The van der Waals surface area contributed by atoms with Crippen molar-refractivity contribution in [3.63, 3.8) is 0 Å². The molecule has 4 rings (SSSR count). The highest BCUT2D eigenvalue weighted by Crippen LogP contribution is 2.29. The first-order valence-electron chi connectivity index (χ1n) is 10.3. The maximum atomic E-state index is 12.3. The molecule has 1 fully saturated rings. The number of aromatic carboxylic acids is 1. The van der Waals surface area contributed by atoms with E-state index in [2.05, 4.69) is 23.5 Å². The average Bonchev–Trinajstić information content (AvgIpc) is 3.33. The Morgan fingerprint density at radius 1 is 1.17 bits per heavy atom. The van der Waals surface area contributed by atoms with Gasteiger partial charge >= 0.3 is 5.97 Å². The van der Waals surface area contributed by atoms with Gasteiger partial charge in [0.15, 0.2) is 0 Å². The number of nitrogens with one attached hydrogen (secondary N) is 1. The Morgan fingerprint density at radius 2 is 1.90 bits per heavy atom. The van der Waals surface area contributed by atoms with Crippen LogP contribution < -0.4 is 10.1 Å². The van der Waals surface area contributed by atoms with Gasteiger partial charge in [0.05, 0.1) is 7.11 Å². The Kier molecular flexibility index (Phi) is 5.58. The molecule has 5 nitrogen and oxygen atoms in total. The zero-order valence-electron chi connectivity index (χ0n) is 17.1. The van der Waals surface area contributed by atoms with Crippen LogP contribution in [0.2, 0.25) is 0 Å². The molecule has 29 heavy (non-hydrogen) atoms. The molecule has 0 bridgehead atoms. The van der Waals surface area contributed by atoms with E-state index in [1.54, 1.807) is 7.11 Å². The number of methoxy groups -OCH3 is 1. The summed E-state index contributed by atoms with van der Waals surface area (Å²) in [5.74, 6) is -0.0857. The summed E-state index contributed by atoms with van der Waals surface area (Å²) in [4.78, 5) is 12.3. The molecule has 5 heteroatoms. The molecule has 0 spiro atoms. The number of nitrogens with zero attached hydrogens (tertiary/aromatic N) is 1.